The van der Waals surface area contributed by atoms with E-state index in [0.717, 1.165) is 0 Å². The number of carboxylic acid groups (broad SMARTS) is 1. The molecule has 1 N–H and O–H groups in total. The highest BCUT2D eigenvalue weighted by Gasteiger charge is 2.18. The Bertz CT molecular complexity index is 863. The van der Waals surface area contributed by atoms with Crippen LogP contribution in [0.25, 0.3) is 17.2 Å². The third kappa shape index (κ3) is 2.97. The number of hydrogen-bond donors (Lipinski definition) is 1. The number of ether oxygens (including phenoxy) is 1. The minimum atomic E-state index is -1.16. The number of carboxylic acids is 1. The van der Waals surface area contributed by atoms with Crippen molar-refractivity contribution in [3.8, 4) is 23.0 Å². The molecule has 0 aliphatic rings. The van der Waals surface area contributed by atoms with Gasteiger partial charge in [0, 0.05) is 18.3 Å². The Hall–Kier alpha value is -3.00. The average Bonchev–Trinajstić information content (AvgIpc) is 3.01. The highest BCUT2D eigenvalue weighted by molar-refractivity contribution is 6.29. The van der Waals surface area contributed by atoms with E-state index >= 15 is 0 Å². The molecule has 3 heterocycles. The maximum atomic E-state index is 11.2. The van der Waals surface area contributed by atoms with E-state index in [1.165, 1.54) is 23.9 Å². The van der Waals surface area contributed by atoms with Crippen LogP contribution in [0.15, 0.2) is 36.5 Å². The normalized spacial score (nSPS) is 10.5. The van der Waals surface area contributed by atoms with Crippen LogP contribution in [0.3, 0.4) is 0 Å². The lowest BCUT2D eigenvalue weighted by molar-refractivity contribution is 0.0690. The number of carbonyl (C=O) groups is 1. The number of aromatic carboxylic acids is 1. The summed E-state index contributed by atoms with van der Waals surface area (Å²) in [5.74, 6) is -0.252. The minimum Gasteiger partial charge on any atom is -0.497 e. The number of aromatic nitrogens is 5. The molecule has 0 aliphatic heterocycles. The SMILES string of the molecule is COc1ccnc(-c2cc(C(=O)O)nn2-c2ccc(Cl)nn2)c1. The number of hydrogen-bond acceptors (Lipinski definition) is 6. The van der Waals surface area contributed by atoms with Crippen LogP contribution in [0.5, 0.6) is 5.75 Å². The summed E-state index contributed by atoms with van der Waals surface area (Å²) >= 11 is 5.72. The molecule has 3 rings (SSSR count). The van der Waals surface area contributed by atoms with Gasteiger partial charge in [0.2, 0.25) is 0 Å². The Labute approximate surface area is 135 Å². The zero-order chi connectivity index (χ0) is 16.4. The molecule has 116 valence electrons. The fraction of sp³-hybridized carbons (Fsp3) is 0.0714. The number of halogens is 1. The van der Waals surface area contributed by atoms with E-state index in [-0.39, 0.29) is 10.8 Å². The molecular formula is C14H10ClN5O3. The summed E-state index contributed by atoms with van der Waals surface area (Å²) < 4.78 is 6.50. The van der Waals surface area contributed by atoms with Crippen molar-refractivity contribution in [2.45, 2.75) is 0 Å². The molecule has 0 amide bonds. The van der Waals surface area contributed by atoms with Crippen LogP contribution in [0.4, 0.5) is 0 Å². The van der Waals surface area contributed by atoms with Gasteiger partial charge in [-0.15, -0.1) is 10.2 Å². The van der Waals surface area contributed by atoms with Crippen LogP contribution in [0.2, 0.25) is 5.15 Å². The van der Waals surface area contributed by atoms with Crippen LogP contribution in [0.1, 0.15) is 10.5 Å². The molecule has 3 aromatic rings. The van der Waals surface area contributed by atoms with Crippen LogP contribution in [0, 0.1) is 0 Å². The van der Waals surface area contributed by atoms with Gasteiger partial charge in [0.05, 0.1) is 18.5 Å². The van der Waals surface area contributed by atoms with E-state index in [1.807, 2.05) is 0 Å². The first-order valence-corrected chi connectivity index (χ1v) is 6.79. The third-order valence-electron chi connectivity index (χ3n) is 2.99. The van der Waals surface area contributed by atoms with Gasteiger partial charge in [-0.2, -0.15) is 5.10 Å². The van der Waals surface area contributed by atoms with Crippen molar-refractivity contribution in [2.24, 2.45) is 0 Å². The molecule has 0 bridgehead atoms. The Morgan fingerprint density at radius 2 is 2.09 bits per heavy atom. The van der Waals surface area contributed by atoms with Crippen LogP contribution in [-0.2, 0) is 0 Å². The molecule has 0 aliphatic carbocycles. The van der Waals surface area contributed by atoms with Crippen molar-refractivity contribution in [3.63, 3.8) is 0 Å². The highest BCUT2D eigenvalue weighted by Crippen LogP contribution is 2.24. The van der Waals surface area contributed by atoms with Gasteiger partial charge < -0.3 is 9.84 Å². The highest BCUT2D eigenvalue weighted by atomic mass is 35.5. The molecule has 0 spiro atoms. The second kappa shape index (κ2) is 6.01. The molecule has 0 unspecified atom stereocenters. The molecule has 8 nitrogen and oxygen atoms in total. The van der Waals surface area contributed by atoms with Crippen LogP contribution >= 0.6 is 11.6 Å². The predicted molar refractivity (Wildman–Crippen MR) is 80.9 cm³/mol. The van der Waals surface area contributed by atoms with Gasteiger partial charge >= 0.3 is 5.97 Å². The van der Waals surface area contributed by atoms with Gasteiger partial charge in [-0.05, 0) is 18.2 Å². The lowest BCUT2D eigenvalue weighted by Crippen LogP contribution is -2.05. The van der Waals surface area contributed by atoms with Crippen molar-refractivity contribution in [3.05, 3.63) is 47.4 Å². The monoisotopic (exact) mass is 331 g/mol. The van der Waals surface area contributed by atoms with E-state index in [9.17, 15) is 9.90 Å². The maximum Gasteiger partial charge on any atom is 0.356 e. The van der Waals surface area contributed by atoms with E-state index in [0.29, 0.717) is 23.0 Å². The molecule has 0 atom stereocenters. The van der Waals surface area contributed by atoms with E-state index in [1.54, 1.807) is 24.4 Å². The fourth-order valence-electron chi connectivity index (χ4n) is 1.94. The van der Waals surface area contributed by atoms with Crippen molar-refractivity contribution in [1.82, 2.24) is 25.0 Å². The molecule has 0 saturated carbocycles. The number of nitrogens with zero attached hydrogens (tertiary/aromatic N) is 5. The lowest BCUT2D eigenvalue weighted by atomic mass is 10.2. The second-order valence-electron chi connectivity index (χ2n) is 4.43. The van der Waals surface area contributed by atoms with Crippen molar-refractivity contribution in [1.29, 1.82) is 0 Å². The number of rotatable bonds is 4. The Balaban J connectivity index is 2.18. The lowest BCUT2D eigenvalue weighted by Gasteiger charge is -2.06. The molecule has 0 aromatic carbocycles. The predicted octanol–water partition coefficient (Wildman–Crippen LogP) is 2.08. The molecule has 23 heavy (non-hydrogen) atoms. The molecule has 9 heteroatoms. The molecule has 0 saturated heterocycles. The molecule has 3 aromatic heterocycles. The first-order chi connectivity index (χ1) is 11.1. The summed E-state index contributed by atoms with van der Waals surface area (Å²) in [5.41, 5.74) is 0.792. The first kappa shape index (κ1) is 14.9. The summed E-state index contributed by atoms with van der Waals surface area (Å²) in [4.78, 5) is 15.5. The van der Waals surface area contributed by atoms with Crippen molar-refractivity contribution < 1.29 is 14.6 Å². The fourth-order valence-corrected chi connectivity index (χ4v) is 2.04. The first-order valence-electron chi connectivity index (χ1n) is 6.42. The summed E-state index contributed by atoms with van der Waals surface area (Å²) in [6.45, 7) is 0. The van der Waals surface area contributed by atoms with Gasteiger partial charge in [0.1, 0.15) is 5.75 Å². The van der Waals surface area contributed by atoms with Gasteiger partial charge in [-0.25, -0.2) is 9.48 Å². The topological polar surface area (TPSA) is 103 Å². The quantitative estimate of drug-likeness (QED) is 0.780. The van der Waals surface area contributed by atoms with Crippen molar-refractivity contribution >= 4 is 17.6 Å². The zero-order valence-corrected chi connectivity index (χ0v) is 12.6. The van der Waals surface area contributed by atoms with E-state index < -0.39 is 5.97 Å². The zero-order valence-electron chi connectivity index (χ0n) is 11.8. The van der Waals surface area contributed by atoms with Gasteiger partial charge in [0.15, 0.2) is 16.7 Å². The number of methoxy groups -OCH3 is 1. The maximum absolute atomic E-state index is 11.2. The minimum absolute atomic E-state index is 0.138. The Morgan fingerprint density at radius 1 is 1.26 bits per heavy atom. The molecule has 0 radical (unpaired) electrons. The largest absolute Gasteiger partial charge is 0.497 e. The summed E-state index contributed by atoms with van der Waals surface area (Å²) in [6, 6.07) is 7.87. The Kier molecular flexibility index (Phi) is 3.90. The third-order valence-corrected chi connectivity index (χ3v) is 3.19. The second-order valence-corrected chi connectivity index (χ2v) is 4.81. The smallest absolute Gasteiger partial charge is 0.356 e. The summed E-state index contributed by atoms with van der Waals surface area (Å²) in [5, 5.41) is 21.1. The van der Waals surface area contributed by atoms with Crippen LogP contribution in [-0.4, -0.2) is 43.1 Å². The Morgan fingerprint density at radius 3 is 2.74 bits per heavy atom. The molecule has 0 fully saturated rings. The van der Waals surface area contributed by atoms with E-state index in [2.05, 4.69) is 20.3 Å². The van der Waals surface area contributed by atoms with Crippen molar-refractivity contribution in [2.75, 3.05) is 7.11 Å². The average molecular weight is 332 g/mol. The van der Waals surface area contributed by atoms with Gasteiger partial charge in [0.25, 0.3) is 0 Å². The van der Waals surface area contributed by atoms with Gasteiger partial charge in [-0.3, -0.25) is 4.98 Å². The van der Waals surface area contributed by atoms with Crippen LogP contribution < -0.4 is 4.74 Å². The molecular weight excluding hydrogens is 322 g/mol. The standard InChI is InChI=1S/C14H10ClN5O3/c1-23-8-4-5-16-9(6-8)11-7-10(14(21)22)19-20(11)13-3-2-12(15)17-18-13/h2-7H,1H3,(H,21,22). The van der Waals surface area contributed by atoms with E-state index in [4.69, 9.17) is 16.3 Å². The summed E-state index contributed by atoms with van der Waals surface area (Å²) in [6.07, 6.45) is 1.56. The summed E-state index contributed by atoms with van der Waals surface area (Å²) in [7, 11) is 1.53. The van der Waals surface area contributed by atoms with Gasteiger partial charge in [-0.1, -0.05) is 11.6 Å². The number of pyridine rings is 1.